The largest absolute Gasteiger partial charge is 0.496 e. The van der Waals surface area contributed by atoms with E-state index in [4.69, 9.17) is 16.3 Å². The number of rotatable bonds is 5. The molecule has 1 amide bonds. The Balaban J connectivity index is 2.23. The van der Waals surface area contributed by atoms with E-state index in [9.17, 15) is 14.9 Å². The quantitative estimate of drug-likeness (QED) is 0.577. The first-order valence-electron chi connectivity index (χ1n) is 6.91. The maximum absolute atomic E-state index is 12.4. The summed E-state index contributed by atoms with van der Waals surface area (Å²) in [6.45, 7) is 1.79. The van der Waals surface area contributed by atoms with Crippen molar-refractivity contribution < 1.29 is 14.5 Å². The van der Waals surface area contributed by atoms with Gasteiger partial charge in [-0.3, -0.25) is 14.9 Å². The third-order valence-electron chi connectivity index (χ3n) is 3.42. The molecule has 24 heavy (non-hydrogen) atoms. The van der Waals surface area contributed by atoms with E-state index in [-0.39, 0.29) is 22.3 Å². The Morgan fingerprint density at radius 2 is 2.04 bits per heavy atom. The van der Waals surface area contributed by atoms with Crippen LogP contribution in [0.1, 0.15) is 28.9 Å². The van der Waals surface area contributed by atoms with E-state index in [1.165, 1.54) is 12.1 Å². The third kappa shape index (κ3) is 4.04. The molecule has 2 aromatic rings. The number of hydrogen-bond donors (Lipinski definition) is 1. The molecule has 0 aliphatic heterocycles. The molecule has 126 valence electrons. The van der Waals surface area contributed by atoms with Crippen molar-refractivity contribution >= 4 is 39.1 Å². The van der Waals surface area contributed by atoms with Gasteiger partial charge in [0.2, 0.25) is 0 Å². The van der Waals surface area contributed by atoms with Crippen LogP contribution in [0, 0.1) is 10.1 Å². The fourth-order valence-corrected chi connectivity index (χ4v) is 2.88. The molecule has 0 bridgehead atoms. The van der Waals surface area contributed by atoms with Crippen LogP contribution >= 0.6 is 27.5 Å². The van der Waals surface area contributed by atoms with Gasteiger partial charge in [-0.2, -0.15) is 0 Å². The van der Waals surface area contributed by atoms with Crippen molar-refractivity contribution in [2.75, 3.05) is 7.11 Å². The van der Waals surface area contributed by atoms with Crippen molar-refractivity contribution in [3.8, 4) is 5.75 Å². The minimum atomic E-state index is -0.630. The molecule has 0 saturated heterocycles. The molecule has 0 aromatic heterocycles. The second-order valence-corrected chi connectivity index (χ2v) is 6.30. The lowest BCUT2D eigenvalue weighted by molar-refractivity contribution is -0.385. The number of ether oxygens (including phenoxy) is 1. The summed E-state index contributed by atoms with van der Waals surface area (Å²) >= 11 is 9.14. The molecule has 1 atom stereocenters. The highest BCUT2D eigenvalue weighted by Gasteiger charge is 2.22. The zero-order valence-electron chi connectivity index (χ0n) is 12.9. The van der Waals surface area contributed by atoms with Crippen molar-refractivity contribution in [1.29, 1.82) is 0 Å². The number of hydrogen-bond acceptors (Lipinski definition) is 4. The molecule has 6 nitrogen and oxygen atoms in total. The Hall–Kier alpha value is -2.12. The van der Waals surface area contributed by atoms with Crippen molar-refractivity contribution in [2.45, 2.75) is 13.0 Å². The fourth-order valence-electron chi connectivity index (χ4n) is 2.16. The van der Waals surface area contributed by atoms with Crippen LogP contribution in [0.2, 0.25) is 5.02 Å². The van der Waals surface area contributed by atoms with Crippen molar-refractivity contribution in [3.63, 3.8) is 0 Å². The highest BCUT2D eigenvalue weighted by atomic mass is 79.9. The highest BCUT2D eigenvalue weighted by Crippen LogP contribution is 2.29. The normalized spacial score (nSPS) is 11.7. The van der Waals surface area contributed by atoms with Crippen LogP contribution in [0.15, 0.2) is 40.9 Å². The zero-order chi connectivity index (χ0) is 17.9. The lowest BCUT2D eigenvalue weighted by Gasteiger charge is -2.16. The summed E-state index contributed by atoms with van der Waals surface area (Å²) in [5.74, 6) is 0.128. The third-order valence-corrected chi connectivity index (χ3v) is 4.28. The van der Waals surface area contributed by atoms with Crippen LogP contribution in [0.3, 0.4) is 0 Å². The van der Waals surface area contributed by atoms with Gasteiger partial charge < -0.3 is 10.1 Å². The average molecular weight is 414 g/mol. The lowest BCUT2D eigenvalue weighted by atomic mass is 10.1. The summed E-state index contributed by atoms with van der Waals surface area (Å²) < 4.78 is 5.91. The van der Waals surface area contributed by atoms with E-state index in [2.05, 4.69) is 21.2 Å². The van der Waals surface area contributed by atoms with Gasteiger partial charge in [0.1, 0.15) is 11.3 Å². The maximum Gasteiger partial charge on any atom is 0.283 e. The zero-order valence-corrected chi connectivity index (χ0v) is 15.2. The van der Waals surface area contributed by atoms with Gasteiger partial charge in [-0.05, 0) is 52.7 Å². The number of methoxy groups -OCH3 is 1. The van der Waals surface area contributed by atoms with E-state index in [0.717, 1.165) is 16.1 Å². The number of nitrogens with one attached hydrogen (secondary N) is 1. The van der Waals surface area contributed by atoms with E-state index in [1.54, 1.807) is 20.1 Å². The van der Waals surface area contributed by atoms with Gasteiger partial charge in [0, 0.05) is 11.1 Å². The molecule has 0 unspecified atom stereocenters. The Kier molecular flexibility index (Phi) is 5.80. The monoisotopic (exact) mass is 412 g/mol. The van der Waals surface area contributed by atoms with Crippen molar-refractivity contribution in [3.05, 3.63) is 67.1 Å². The number of nitro benzene ring substituents is 1. The van der Waals surface area contributed by atoms with Crippen LogP contribution < -0.4 is 10.1 Å². The number of halogens is 2. The van der Waals surface area contributed by atoms with Gasteiger partial charge in [-0.15, -0.1) is 0 Å². The first-order chi connectivity index (χ1) is 11.3. The molecule has 0 aliphatic rings. The predicted molar refractivity (Wildman–Crippen MR) is 94.7 cm³/mol. The van der Waals surface area contributed by atoms with Gasteiger partial charge in [0.25, 0.3) is 11.6 Å². The van der Waals surface area contributed by atoms with Gasteiger partial charge in [-0.25, -0.2) is 0 Å². The summed E-state index contributed by atoms with van der Waals surface area (Å²) in [7, 11) is 1.56. The summed E-state index contributed by atoms with van der Waals surface area (Å²) in [6.07, 6.45) is 0. The molecule has 0 spiro atoms. The molecule has 8 heteroatoms. The maximum atomic E-state index is 12.4. The van der Waals surface area contributed by atoms with Crippen LogP contribution in [-0.2, 0) is 0 Å². The average Bonchev–Trinajstić information content (AvgIpc) is 2.54. The molecule has 2 aromatic carbocycles. The van der Waals surface area contributed by atoms with Gasteiger partial charge in [0.15, 0.2) is 0 Å². The number of carbonyl (C=O) groups excluding carboxylic acids is 1. The number of nitro groups is 1. The summed E-state index contributed by atoms with van der Waals surface area (Å²) in [6, 6.07) is 8.99. The Morgan fingerprint density at radius 3 is 2.62 bits per heavy atom. The molecule has 1 N–H and O–H groups in total. The topological polar surface area (TPSA) is 81.5 Å². The molecule has 0 heterocycles. The van der Waals surface area contributed by atoms with Gasteiger partial charge in [-0.1, -0.05) is 17.7 Å². The molecular formula is C16H14BrClN2O4. The van der Waals surface area contributed by atoms with Crippen LogP contribution in [-0.4, -0.2) is 17.9 Å². The first kappa shape index (κ1) is 18.2. The number of carbonyl (C=O) groups is 1. The molecule has 0 aliphatic carbocycles. The molecule has 0 fully saturated rings. The lowest BCUT2D eigenvalue weighted by Crippen LogP contribution is -2.27. The molecular weight excluding hydrogens is 400 g/mol. The van der Waals surface area contributed by atoms with E-state index >= 15 is 0 Å². The molecule has 0 radical (unpaired) electrons. The SMILES string of the molecule is COc1ccc([C@H](C)NC(=O)c2ccc(Cl)cc2[N+](=O)[O-])cc1Br. The number of nitrogens with zero attached hydrogens (tertiary/aromatic N) is 1. The van der Waals surface area contributed by atoms with Gasteiger partial charge in [0.05, 0.1) is 22.5 Å². The van der Waals surface area contributed by atoms with E-state index in [1.807, 2.05) is 12.1 Å². The Bertz CT molecular complexity index is 798. The van der Waals surface area contributed by atoms with Crippen molar-refractivity contribution in [2.24, 2.45) is 0 Å². The summed E-state index contributed by atoms with van der Waals surface area (Å²) in [5, 5.41) is 14.0. The Labute approximate surface area is 152 Å². The van der Waals surface area contributed by atoms with E-state index in [0.29, 0.717) is 5.75 Å². The smallest absolute Gasteiger partial charge is 0.283 e. The van der Waals surface area contributed by atoms with Crippen LogP contribution in [0.4, 0.5) is 5.69 Å². The van der Waals surface area contributed by atoms with Crippen molar-refractivity contribution in [1.82, 2.24) is 5.32 Å². The van der Waals surface area contributed by atoms with Crippen LogP contribution in [0.25, 0.3) is 0 Å². The Morgan fingerprint density at radius 1 is 1.33 bits per heavy atom. The van der Waals surface area contributed by atoms with Crippen LogP contribution in [0.5, 0.6) is 5.75 Å². The minimum absolute atomic E-state index is 0.0381. The predicted octanol–water partition coefficient (Wildman–Crippen LogP) is 4.51. The molecule has 0 saturated carbocycles. The number of benzene rings is 2. The highest BCUT2D eigenvalue weighted by molar-refractivity contribution is 9.10. The van der Waals surface area contributed by atoms with E-state index < -0.39 is 10.8 Å². The molecule has 2 rings (SSSR count). The number of amides is 1. The minimum Gasteiger partial charge on any atom is -0.496 e. The second-order valence-electron chi connectivity index (χ2n) is 5.01. The first-order valence-corrected chi connectivity index (χ1v) is 8.08. The standard InChI is InChI=1S/C16H14BrClN2O4/c1-9(10-3-6-15(24-2)13(17)7-10)19-16(21)12-5-4-11(18)8-14(12)20(22)23/h3-9H,1-2H3,(H,19,21)/t9-/m0/s1. The fraction of sp³-hybridized carbons (Fsp3) is 0.188. The summed E-state index contributed by atoms with van der Waals surface area (Å²) in [5.41, 5.74) is 0.458. The van der Waals surface area contributed by atoms with Gasteiger partial charge >= 0.3 is 0 Å². The summed E-state index contributed by atoms with van der Waals surface area (Å²) in [4.78, 5) is 22.8. The second kappa shape index (κ2) is 7.63.